The summed E-state index contributed by atoms with van der Waals surface area (Å²) < 4.78 is 1.97. The molecule has 0 bridgehead atoms. The predicted molar refractivity (Wildman–Crippen MR) is 89.0 cm³/mol. The molecule has 1 heterocycles. The first-order chi connectivity index (χ1) is 9.63. The molecule has 2 aromatic rings. The topological polar surface area (TPSA) is 55.1 Å². The molecule has 0 spiro atoms. The van der Waals surface area contributed by atoms with Crippen molar-refractivity contribution in [3.63, 3.8) is 0 Å². The summed E-state index contributed by atoms with van der Waals surface area (Å²) in [5, 5.41) is 3.80. The lowest BCUT2D eigenvalue weighted by Crippen LogP contribution is -2.24. The second kappa shape index (κ2) is 6.78. The molecule has 3 nitrogen and oxygen atoms in total. The third kappa shape index (κ3) is 3.33. The Kier molecular flexibility index (Phi) is 5.05. The van der Waals surface area contributed by atoms with Crippen LogP contribution in [0.3, 0.4) is 0 Å². The molecule has 0 aliphatic carbocycles. The van der Waals surface area contributed by atoms with Gasteiger partial charge >= 0.3 is 0 Å². The Balaban J connectivity index is 2.07. The van der Waals surface area contributed by atoms with Crippen molar-refractivity contribution in [3.8, 4) is 12.3 Å². The van der Waals surface area contributed by atoms with Gasteiger partial charge in [-0.15, -0.1) is 23.7 Å². The number of hydrogen-bond donors (Lipinski definition) is 2. The second-order valence-corrected chi connectivity index (χ2v) is 6.37. The van der Waals surface area contributed by atoms with Gasteiger partial charge in [-0.3, -0.25) is 4.79 Å². The number of rotatable bonds is 5. The van der Waals surface area contributed by atoms with E-state index in [2.05, 4.69) is 27.2 Å². The number of hydrogen-bond acceptors (Lipinski definition) is 3. The maximum atomic E-state index is 12.1. The first-order valence-corrected chi connectivity index (χ1v) is 7.93. The van der Waals surface area contributed by atoms with Gasteiger partial charge < -0.3 is 11.1 Å². The van der Waals surface area contributed by atoms with Crippen molar-refractivity contribution in [2.75, 3.05) is 12.3 Å². The number of fused-ring (bicyclic) bond motifs is 1. The minimum absolute atomic E-state index is 0.111. The Morgan fingerprint density at radius 2 is 2.25 bits per heavy atom. The van der Waals surface area contributed by atoms with Gasteiger partial charge in [0.1, 0.15) is 4.88 Å². The maximum Gasteiger partial charge on any atom is 0.263 e. The van der Waals surface area contributed by atoms with Crippen LogP contribution in [0.25, 0.3) is 10.1 Å². The van der Waals surface area contributed by atoms with E-state index < -0.39 is 0 Å². The van der Waals surface area contributed by atoms with Crippen molar-refractivity contribution in [1.82, 2.24) is 5.32 Å². The van der Waals surface area contributed by atoms with Crippen LogP contribution < -0.4 is 11.1 Å². The van der Waals surface area contributed by atoms with Crippen LogP contribution in [0.2, 0.25) is 0 Å². The molecule has 0 radical (unpaired) electrons. The fourth-order valence-corrected chi connectivity index (χ4v) is 3.27. The molecule has 1 aromatic carbocycles. The first-order valence-electron chi connectivity index (χ1n) is 6.32. The van der Waals surface area contributed by atoms with Gasteiger partial charge in [0.25, 0.3) is 5.91 Å². The molecule has 3 N–H and O–H groups in total. The minimum Gasteiger partial charge on any atom is -0.397 e. The lowest BCUT2D eigenvalue weighted by Gasteiger charge is -2.03. The number of anilines is 1. The lowest BCUT2D eigenvalue weighted by molar-refractivity contribution is 0.0958. The number of nitrogens with one attached hydrogen (secondary N) is 1. The van der Waals surface area contributed by atoms with Crippen molar-refractivity contribution in [1.29, 1.82) is 0 Å². The highest BCUT2D eigenvalue weighted by atomic mass is 79.9. The van der Waals surface area contributed by atoms with E-state index in [9.17, 15) is 4.79 Å². The molecular weight excluding hydrogens is 336 g/mol. The highest BCUT2D eigenvalue weighted by molar-refractivity contribution is 9.10. The van der Waals surface area contributed by atoms with E-state index in [4.69, 9.17) is 12.2 Å². The van der Waals surface area contributed by atoms with E-state index in [1.807, 2.05) is 18.2 Å². The molecule has 5 heteroatoms. The van der Waals surface area contributed by atoms with E-state index in [0.717, 1.165) is 33.8 Å². The summed E-state index contributed by atoms with van der Waals surface area (Å²) in [6, 6.07) is 5.84. The Morgan fingerprint density at radius 1 is 1.45 bits per heavy atom. The van der Waals surface area contributed by atoms with Crippen LogP contribution in [0.4, 0.5) is 5.69 Å². The third-order valence-electron chi connectivity index (χ3n) is 2.93. The normalized spacial score (nSPS) is 10.4. The van der Waals surface area contributed by atoms with Gasteiger partial charge in [0.05, 0.1) is 5.69 Å². The molecular formula is C15H15BrN2OS. The van der Waals surface area contributed by atoms with E-state index in [1.165, 1.54) is 11.3 Å². The summed E-state index contributed by atoms with van der Waals surface area (Å²) in [6.45, 7) is 0.623. The monoisotopic (exact) mass is 350 g/mol. The van der Waals surface area contributed by atoms with Gasteiger partial charge in [0.2, 0.25) is 0 Å². The molecule has 1 amide bonds. The summed E-state index contributed by atoms with van der Waals surface area (Å²) in [6.07, 6.45) is 7.73. The molecule has 20 heavy (non-hydrogen) atoms. The highest BCUT2D eigenvalue weighted by Gasteiger charge is 2.15. The summed E-state index contributed by atoms with van der Waals surface area (Å²) in [4.78, 5) is 12.7. The van der Waals surface area contributed by atoms with Gasteiger partial charge in [-0.2, -0.15) is 0 Å². The lowest BCUT2D eigenvalue weighted by atomic mass is 10.2. The van der Waals surface area contributed by atoms with Crippen LogP contribution in [0.15, 0.2) is 22.7 Å². The second-order valence-electron chi connectivity index (χ2n) is 4.40. The molecule has 0 aliphatic rings. The molecule has 0 unspecified atom stereocenters. The smallest absolute Gasteiger partial charge is 0.263 e. The van der Waals surface area contributed by atoms with Crippen molar-refractivity contribution in [2.24, 2.45) is 0 Å². The Hall–Kier alpha value is -1.51. The first kappa shape index (κ1) is 14.9. The van der Waals surface area contributed by atoms with Crippen LogP contribution in [0, 0.1) is 12.3 Å². The maximum absolute atomic E-state index is 12.1. The third-order valence-corrected chi connectivity index (χ3v) is 4.61. The highest BCUT2D eigenvalue weighted by Crippen LogP contribution is 2.35. The van der Waals surface area contributed by atoms with Gasteiger partial charge in [-0.05, 0) is 31.0 Å². The standard InChI is InChI=1S/C15H15BrN2OS/c1-2-3-4-5-8-18-15(19)14-13(17)11-9-10(16)6-7-12(11)20-14/h1,6-7,9H,3-5,8,17H2,(H,18,19). The quantitative estimate of drug-likeness (QED) is 0.636. The van der Waals surface area contributed by atoms with Crippen LogP contribution in [0.5, 0.6) is 0 Å². The van der Waals surface area contributed by atoms with Crippen molar-refractivity contribution >= 4 is 48.9 Å². The zero-order chi connectivity index (χ0) is 14.5. The predicted octanol–water partition coefficient (Wildman–Crippen LogP) is 3.78. The van der Waals surface area contributed by atoms with Gasteiger partial charge in [-0.25, -0.2) is 0 Å². The zero-order valence-corrected chi connectivity index (χ0v) is 13.3. The fraction of sp³-hybridized carbons (Fsp3) is 0.267. The summed E-state index contributed by atoms with van der Waals surface area (Å²) >= 11 is 4.83. The largest absolute Gasteiger partial charge is 0.397 e. The van der Waals surface area contributed by atoms with Crippen LogP contribution >= 0.6 is 27.3 Å². The van der Waals surface area contributed by atoms with Gasteiger partial charge in [0.15, 0.2) is 0 Å². The molecule has 0 aliphatic heterocycles. The molecule has 2 rings (SSSR count). The molecule has 0 atom stereocenters. The number of unbranched alkanes of at least 4 members (excludes halogenated alkanes) is 2. The number of halogens is 1. The van der Waals surface area contributed by atoms with E-state index in [0.29, 0.717) is 17.1 Å². The number of nitrogens with two attached hydrogens (primary N) is 1. The fourth-order valence-electron chi connectivity index (χ4n) is 1.89. The van der Waals surface area contributed by atoms with E-state index >= 15 is 0 Å². The average molecular weight is 351 g/mol. The number of amides is 1. The molecule has 1 aromatic heterocycles. The molecule has 0 saturated carbocycles. The van der Waals surface area contributed by atoms with Crippen LogP contribution in [-0.4, -0.2) is 12.5 Å². The summed E-state index contributed by atoms with van der Waals surface area (Å²) in [7, 11) is 0. The van der Waals surface area contributed by atoms with Gasteiger partial charge in [0, 0.05) is 27.5 Å². The SMILES string of the molecule is C#CCCCCNC(=O)c1sc2ccc(Br)cc2c1N. The number of carbonyl (C=O) groups is 1. The number of benzene rings is 1. The number of nitrogen functional groups attached to an aromatic ring is 1. The van der Waals surface area contributed by atoms with Crippen molar-refractivity contribution in [2.45, 2.75) is 19.3 Å². The Morgan fingerprint density at radius 3 is 3.00 bits per heavy atom. The van der Waals surface area contributed by atoms with E-state index in [-0.39, 0.29) is 5.91 Å². The number of thiophene rings is 1. The number of terminal acetylenes is 1. The van der Waals surface area contributed by atoms with Gasteiger partial charge in [-0.1, -0.05) is 15.9 Å². The number of carbonyl (C=O) groups excluding carboxylic acids is 1. The zero-order valence-electron chi connectivity index (χ0n) is 10.9. The van der Waals surface area contributed by atoms with Crippen LogP contribution in [0.1, 0.15) is 28.9 Å². The van der Waals surface area contributed by atoms with Crippen molar-refractivity contribution < 1.29 is 4.79 Å². The molecule has 0 fully saturated rings. The van der Waals surface area contributed by atoms with Crippen LogP contribution in [-0.2, 0) is 0 Å². The Labute approximate surface area is 130 Å². The Bertz CT molecular complexity index is 672. The average Bonchev–Trinajstić information content (AvgIpc) is 2.76. The summed E-state index contributed by atoms with van der Waals surface area (Å²) in [5.41, 5.74) is 6.61. The molecule has 104 valence electrons. The summed E-state index contributed by atoms with van der Waals surface area (Å²) in [5.74, 6) is 2.47. The molecule has 0 saturated heterocycles. The minimum atomic E-state index is -0.111. The van der Waals surface area contributed by atoms with Crippen molar-refractivity contribution in [3.05, 3.63) is 27.5 Å². The van der Waals surface area contributed by atoms with E-state index in [1.54, 1.807) is 0 Å².